The van der Waals surface area contributed by atoms with Crippen LogP contribution in [0.3, 0.4) is 0 Å². The molecular weight excluding hydrogens is 891 g/mol. The predicted molar refractivity (Wildman–Crippen MR) is 256 cm³/mol. The molecule has 1 aliphatic heterocycles. The number of carbonyl (C=O) groups is 2. The Hall–Kier alpha value is -0.190. The summed E-state index contributed by atoms with van der Waals surface area (Å²) in [6, 6.07) is 0. The van der Waals surface area contributed by atoms with Crippen molar-refractivity contribution >= 4 is 19.5 Å². The van der Waals surface area contributed by atoms with Gasteiger partial charge in [0.1, 0.15) is 24.4 Å². The maximum Gasteiger partial charge on any atom is 1.00 e. The molecule has 16 heteroatoms. The molecule has 4 unspecified atom stereocenters. The molecule has 0 bridgehead atoms. The van der Waals surface area contributed by atoms with Crippen molar-refractivity contribution in [1.82, 2.24) is 0 Å². The average Bonchev–Trinajstić information content (AvgIpc) is 3.30. The van der Waals surface area contributed by atoms with Gasteiger partial charge in [-0.2, -0.15) is 0 Å². The Bertz CT molecular complexity index is 1250. The molecule has 1 aliphatic carbocycles. The van der Waals surface area contributed by atoms with Gasteiger partial charge in [0, 0.05) is 12.8 Å². The zero-order valence-corrected chi connectivity index (χ0v) is 45.3. The van der Waals surface area contributed by atoms with Gasteiger partial charge >= 0.3 is 41.5 Å². The van der Waals surface area contributed by atoms with Crippen molar-refractivity contribution in [3.63, 3.8) is 0 Å². The first kappa shape index (κ1) is 64.8. The van der Waals surface area contributed by atoms with E-state index < -0.39 is 87.6 Å². The molecule has 5 N–H and O–H groups in total. The number of esters is 2. The van der Waals surface area contributed by atoms with Crippen molar-refractivity contribution < 1.29 is 97.6 Å². The molecule has 14 nitrogen and oxygen atoms in total. The Balaban J connectivity index is 0.0000224. The zero-order valence-electron chi connectivity index (χ0n) is 42.4. The summed E-state index contributed by atoms with van der Waals surface area (Å²) in [5.74, 6) is -3.66. The number of ether oxygens (including phenoxy) is 4. The van der Waals surface area contributed by atoms with Gasteiger partial charge in [-0.15, -0.1) is 0 Å². The van der Waals surface area contributed by atoms with E-state index in [0.717, 1.165) is 51.4 Å². The number of carbonyl (C=O) groups excluding carboxylic acids is 2. The minimum absolute atomic E-state index is 0. The Labute approximate surface area is 428 Å². The van der Waals surface area contributed by atoms with Gasteiger partial charge in [0.25, 0.3) is 0 Å². The van der Waals surface area contributed by atoms with E-state index in [9.17, 15) is 44.6 Å². The molecule has 0 aromatic carbocycles. The van der Waals surface area contributed by atoms with Crippen LogP contribution >= 0.6 is 7.60 Å². The van der Waals surface area contributed by atoms with Crippen molar-refractivity contribution in [1.29, 1.82) is 0 Å². The van der Waals surface area contributed by atoms with Crippen molar-refractivity contribution in [2.45, 2.75) is 300 Å². The molecule has 1 saturated carbocycles. The first-order valence-corrected chi connectivity index (χ1v) is 28.5. The molecule has 2 rings (SSSR count). The molecule has 1 saturated heterocycles. The van der Waals surface area contributed by atoms with Crippen LogP contribution < -0.4 is 34.5 Å². The van der Waals surface area contributed by atoms with Crippen LogP contribution in [0, 0.1) is 0 Å². The van der Waals surface area contributed by atoms with E-state index in [1.54, 1.807) is 0 Å². The van der Waals surface area contributed by atoms with E-state index in [4.69, 9.17) is 23.5 Å². The molecule has 390 valence electrons. The second-order valence-electron chi connectivity index (χ2n) is 19.3. The van der Waals surface area contributed by atoms with Gasteiger partial charge in [-0.3, -0.25) is 9.59 Å². The quantitative estimate of drug-likeness (QED) is 0.0180. The van der Waals surface area contributed by atoms with Crippen molar-refractivity contribution in [2.24, 2.45) is 0 Å². The van der Waals surface area contributed by atoms with Gasteiger partial charge in [0.05, 0.1) is 25.4 Å². The summed E-state index contributed by atoms with van der Waals surface area (Å²) in [6.45, 7) is 2.87. The predicted octanol–water partition coefficient (Wildman–Crippen LogP) is 6.98. The maximum atomic E-state index is 14.1. The average molecular weight is 987 g/mol. The summed E-state index contributed by atoms with van der Waals surface area (Å²) in [5, 5.41) is 51.2. The van der Waals surface area contributed by atoms with Crippen LogP contribution in [0.2, 0.25) is 0 Å². The van der Waals surface area contributed by atoms with Crippen LogP contribution in [0.1, 0.15) is 245 Å². The van der Waals surface area contributed by atoms with Crippen molar-refractivity contribution in [3.05, 3.63) is 0 Å². The van der Waals surface area contributed by atoms with Gasteiger partial charge in [-0.25, -0.2) is 0 Å². The number of hydrogen-bond acceptors (Lipinski definition) is 14. The van der Waals surface area contributed by atoms with Crippen LogP contribution in [0.25, 0.3) is 0 Å². The topological polar surface area (TPSA) is 222 Å². The Morgan fingerprint density at radius 2 is 0.940 bits per heavy atom. The summed E-state index contributed by atoms with van der Waals surface area (Å²) in [4.78, 5) is 40.4. The van der Waals surface area contributed by atoms with Gasteiger partial charge in [-0.05, 0) is 25.7 Å². The molecule has 10 atom stereocenters. The van der Waals surface area contributed by atoms with E-state index in [-0.39, 0.29) is 55.2 Å². The van der Waals surface area contributed by atoms with Crippen LogP contribution in [0.5, 0.6) is 0 Å². The molecule has 2 aliphatic rings. The summed E-state index contributed by atoms with van der Waals surface area (Å²) < 4.78 is 42.4. The number of aliphatic hydroxyl groups is 5. The monoisotopic (exact) mass is 987 g/mol. The molecule has 67 heavy (non-hydrogen) atoms. The fourth-order valence-electron chi connectivity index (χ4n) is 9.17. The third-order valence-electron chi connectivity index (χ3n) is 13.4. The number of aliphatic hydroxyl groups excluding tert-OH is 5. The summed E-state index contributed by atoms with van der Waals surface area (Å²) >= 11 is 0. The van der Waals surface area contributed by atoms with Crippen molar-refractivity contribution in [2.75, 3.05) is 13.2 Å². The largest absolute Gasteiger partial charge is 1.00 e. The molecule has 0 aromatic heterocycles. The first-order valence-electron chi connectivity index (χ1n) is 26.9. The second-order valence-corrected chi connectivity index (χ2v) is 21.1. The summed E-state index contributed by atoms with van der Waals surface area (Å²) in [6.07, 6.45) is 24.7. The van der Waals surface area contributed by atoms with Crippen LogP contribution in [-0.4, -0.2) is 106 Å². The third kappa shape index (κ3) is 29.2. The van der Waals surface area contributed by atoms with E-state index in [2.05, 4.69) is 13.8 Å². The molecule has 1 heterocycles. The van der Waals surface area contributed by atoms with Gasteiger partial charge in [0.2, 0.25) is 5.85 Å². The minimum atomic E-state index is -5.28. The minimum Gasteiger partial charge on any atom is -0.776 e. The van der Waals surface area contributed by atoms with E-state index in [1.165, 1.54) is 128 Å². The van der Waals surface area contributed by atoms with E-state index in [1.807, 2.05) is 0 Å². The smallest absolute Gasteiger partial charge is 0.776 e. The van der Waals surface area contributed by atoms with Crippen LogP contribution in [-0.2, 0) is 37.6 Å². The summed E-state index contributed by atoms with van der Waals surface area (Å²) in [5.41, 5.74) is 0. The van der Waals surface area contributed by atoms with Gasteiger partial charge in [-0.1, -0.05) is 206 Å². The summed E-state index contributed by atoms with van der Waals surface area (Å²) in [7, 11) is -5.28. The fourth-order valence-corrected chi connectivity index (χ4v) is 10.7. The molecule has 0 aromatic rings. The molecule has 0 spiro atoms. The molecule has 0 amide bonds. The molecular formula is C51H96NaO14P. The van der Waals surface area contributed by atoms with E-state index in [0.29, 0.717) is 25.7 Å². The molecule has 2 fully saturated rings. The van der Waals surface area contributed by atoms with Gasteiger partial charge in [0.15, 0.2) is 20.0 Å². The number of unbranched alkanes of at least 4 members (excludes halogenated alkanes) is 28. The normalized spacial score (nSPS) is 23.8. The van der Waals surface area contributed by atoms with Crippen molar-refractivity contribution in [3.8, 4) is 0 Å². The SMILES string of the molecule is CCCCCCCCCCCCCCCCCC(=O)OC([C@H](CO)OC(=O)CCCCCCCCCCCCCCCCC)P(=O)([O-])OC1CCCCC1O[C@@H]1O[C@@H](CO)[C@H](O)[C@@H](O)[C@H]1O.[Na+]. The standard InChI is InChI=1S/C51H97O14P.Na/c1-3-5-7-9-11-13-15-17-19-21-23-25-27-29-31-37-45(54)61-44(40-53)51(64-46(55)38-32-30-28-26-24-22-20-18-16-14-12-10-8-6-4-2)66(59,60)65-42-36-34-33-35-41(42)62-50-49(58)48(57)47(56)43(39-52)63-50;/h41-44,47-53,56-58H,3-40H2,1-2H3,(H,59,60);/q;+1/p-1/t41?,42?,43-,44-,47-,48+,49+,50+,51?;/m0./s1. The maximum absolute atomic E-state index is 14.1. The fraction of sp³-hybridized carbons (Fsp3) is 0.961. The zero-order chi connectivity index (χ0) is 48.3. The van der Waals surface area contributed by atoms with Crippen LogP contribution in [0.15, 0.2) is 0 Å². The molecule has 0 radical (unpaired) electrons. The third-order valence-corrected chi connectivity index (χ3v) is 15.0. The number of hydrogen-bond donors (Lipinski definition) is 5. The van der Waals surface area contributed by atoms with Crippen LogP contribution in [0.4, 0.5) is 0 Å². The van der Waals surface area contributed by atoms with Gasteiger partial charge < -0.3 is 58.5 Å². The van der Waals surface area contributed by atoms with E-state index >= 15 is 0 Å². The second kappa shape index (κ2) is 41.3. The Morgan fingerprint density at radius 1 is 0.567 bits per heavy atom. The Morgan fingerprint density at radius 3 is 1.33 bits per heavy atom. The Kier molecular flexibility index (Phi) is 40.0. The first-order chi connectivity index (χ1) is 32.0. The number of rotatable bonds is 42.